The number of thiazole rings is 1. The normalized spacial score (nSPS) is 14.5. The highest BCUT2D eigenvalue weighted by molar-refractivity contribution is 7.92. The zero-order chi connectivity index (χ0) is 22.9. The number of hydrogen-bond donors (Lipinski definition) is 2. The van der Waals surface area contributed by atoms with Crippen LogP contribution in [0.2, 0.25) is 0 Å². The van der Waals surface area contributed by atoms with Crippen molar-refractivity contribution in [3.05, 3.63) is 59.5 Å². The van der Waals surface area contributed by atoms with Crippen LogP contribution in [0.1, 0.15) is 36.9 Å². The number of aryl methyl sites for hydroxylation is 2. The van der Waals surface area contributed by atoms with Gasteiger partial charge in [0.1, 0.15) is 5.82 Å². The van der Waals surface area contributed by atoms with Crippen molar-refractivity contribution < 1.29 is 17.6 Å². The Kier molecular flexibility index (Phi) is 6.30. The number of hydrogen-bond acceptors (Lipinski definition) is 5. The summed E-state index contributed by atoms with van der Waals surface area (Å²) in [6.45, 7) is 3.67. The zero-order valence-corrected chi connectivity index (χ0v) is 19.4. The fraction of sp³-hybridized carbons (Fsp3) is 0.304. The Morgan fingerprint density at radius 3 is 2.47 bits per heavy atom. The van der Waals surface area contributed by atoms with Crippen LogP contribution >= 0.6 is 11.3 Å². The smallest absolute Gasteiger partial charge is 0.261 e. The van der Waals surface area contributed by atoms with E-state index in [1.165, 1.54) is 23.5 Å². The van der Waals surface area contributed by atoms with Crippen molar-refractivity contribution >= 4 is 38.1 Å². The van der Waals surface area contributed by atoms with Gasteiger partial charge in [0.2, 0.25) is 5.91 Å². The van der Waals surface area contributed by atoms with E-state index in [-0.39, 0.29) is 16.7 Å². The van der Waals surface area contributed by atoms with Crippen molar-refractivity contribution in [1.82, 2.24) is 4.98 Å². The van der Waals surface area contributed by atoms with Gasteiger partial charge in [0.25, 0.3) is 10.0 Å². The molecule has 32 heavy (non-hydrogen) atoms. The SMILES string of the molecule is Cc1ccc(-c2sc(NC(=O)C3CCCC3)nc2C)cc1NS(=O)(=O)c1ccc(F)cc1. The van der Waals surface area contributed by atoms with Crippen LogP contribution in [-0.2, 0) is 14.8 Å². The molecule has 0 unspecified atom stereocenters. The van der Waals surface area contributed by atoms with Gasteiger partial charge in [0, 0.05) is 5.92 Å². The van der Waals surface area contributed by atoms with E-state index in [4.69, 9.17) is 0 Å². The fourth-order valence-electron chi connectivity index (χ4n) is 3.80. The maximum atomic E-state index is 13.2. The van der Waals surface area contributed by atoms with E-state index >= 15 is 0 Å². The molecule has 1 aromatic heterocycles. The van der Waals surface area contributed by atoms with E-state index in [1.54, 1.807) is 13.0 Å². The zero-order valence-electron chi connectivity index (χ0n) is 17.8. The molecule has 1 amide bonds. The number of nitrogens with zero attached hydrogens (tertiary/aromatic N) is 1. The van der Waals surface area contributed by atoms with Crippen LogP contribution in [0.5, 0.6) is 0 Å². The fourth-order valence-corrected chi connectivity index (χ4v) is 5.89. The van der Waals surface area contributed by atoms with Gasteiger partial charge in [-0.3, -0.25) is 9.52 Å². The first-order valence-corrected chi connectivity index (χ1v) is 12.7. The van der Waals surface area contributed by atoms with E-state index in [0.717, 1.165) is 59.5 Å². The molecule has 0 saturated heterocycles. The number of rotatable bonds is 6. The highest BCUT2D eigenvalue weighted by Crippen LogP contribution is 2.36. The molecule has 1 aliphatic rings. The van der Waals surface area contributed by atoms with Gasteiger partial charge >= 0.3 is 0 Å². The Morgan fingerprint density at radius 2 is 1.78 bits per heavy atom. The Hall–Kier alpha value is -2.78. The monoisotopic (exact) mass is 473 g/mol. The minimum absolute atomic E-state index is 0.0134. The van der Waals surface area contributed by atoms with E-state index in [2.05, 4.69) is 15.0 Å². The molecule has 1 heterocycles. The van der Waals surface area contributed by atoms with Crippen LogP contribution in [0.3, 0.4) is 0 Å². The largest absolute Gasteiger partial charge is 0.302 e. The summed E-state index contributed by atoms with van der Waals surface area (Å²) in [5.74, 6) is -0.437. The summed E-state index contributed by atoms with van der Waals surface area (Å²) in [5, 5.41) is 3.48. The number of carbonyl (C=O) groups excluding carboxylic acids is 1. The number of nitrogens with one attached hydrogen (secondary N) is 2. The first-order chi connectivity index (χ1) is 15.2. The lowest BCUT2D eigenvalue weighted by atomic mass is 10.1. The third-order valence-corrected chi connectivity index (χ3v) is 8.12. The maximum absolute atomic E-state index is 13.2. The van der Waals surface area contributed by atoms with Crippen molar-refractivity contribution in [3.63, 3.8) is 0 Å². The summed E-state index contributed by atoms with van der Waals surface area (Å²) in [5.41, 5.74) is 2.73. The highest BCUT2D eigenvalue weighted by atomic mass is 32.2. The third-order valence-electron chi connectivity index (χ3n) is 5.62. The van der Waals surface area contributed by atoms with Gasteiger partial charge in [-0.05, 0) is 68.1 Å². The molecule has 0 aliphatic heterocycles. The lowest BCUT2D eigenvalue weighted by Crippen LogP contribution is -2.20. The number of aromatic nitrogens is 1. The molecule has 9 heteroatoms. The van der Waals surface area contributed by atoms with Crippen LogP contribution < -0.4 is 10.0 Å². The van der Waals surface area contributed by atoms with E-state index in [0.29, 0.717) is 10.8 Å². The molecule has 1 saturated carbocycles. The standard InChI is InChI=1S/C23H24FN3O3S2/c1-14-7-8-17(13-20(14)27-32(29,30)19-11-9-18(24)10-12-19)21-15(2)25-23(31-21)26-22(28)16-5-3-4-6-16/h7-13,16,27H,3-6H2,1-2H3,(H,25,26,28). The summed E-state index contributed by atoms with van der Waals surface area (Å²) in [4.78, 5) is 17.8. The Labute approximate surface area is 191 Å². The minimum Gasteiger partial charge on any atom is -0.302 e. The van der Waals surface area contributed by atoms with Crippen LogP contribution in [0.25, 0.3) is 10.4 Å². The molecule has 1 aliphatic carbocycles. The topological polar surface area (TPSA) is 88.2 Å². The quantitative estimate of drug-likeness (QED) is 0.495. The predicted molar refractivity (Wildman–Crippen MR) is 125 cm³/mol. The van der Waals surface area contributed by atoms with Crippen molar-refractivity contribution in [2.24, 2.45) is 5.92 Å². The molecule has 2 aromatic carbocycles. The molecule has 0 spiro atoms. The molecule has 3 aromatic rings. The van der Waals surface area contributed by atoms with Gasteiger partial charge in [0.05, 0.1) is 21.2 Å². The van der Waals surface area contributed by atoms with Crippen LogP contribution in [0.4, 0.5) is 15.2 Å². The predicted octanol–water partition coefficient (Wildman–Crippen LogP) is 5.50. The van der Waals surface area contributed by atoms with Crippen molar-refractivity contribution in [1.29, 1.82) is 0 Å². The number of anilines is 2. The van der Waals surface area contributed by atoms with Gasteiger partial charge in [-0.15, -0.1) is 0 Å². The van der Waals surface area contributed by atoms with Gasteiger partial charge < -0.3 is 5.32 Å². The molecule has 6 nitrogen and oxygen atoms in total. The number of sulfonamides is 1. The lowest BCUT2D eigenvalue weighted by Gasteiger charge is -2.12. The summed E-state index contributed by atoms with van der Waals surface area (Å²) in [6, 6.07) is 10.1. The number of amides is 1. The maximum Gasteiger partial charge on any atom is 0.261 e. The van der Waals surface area contributed by atoms with E-state index in [1.807, 2.05) is 19.1 Å². The highest BCUT2D eigenvalue weighted by Gasteiger charge is 2.24. The summed E-state index contributed by atoms with van der Waals surface area (Å²) >= 11 is 1.37. The van der Waals surface area contributed by atoms with Gasteiger partial charge in [-0.1, -0.05) is 36.3 Å². The molecule has 168 valence electrons. The summed E-state index contributed by atoms with van der Waals surface area (Å²) in [7, 11) is -3.87. The number of carbonyl (C=O) groups is 1. The first kappa shape index (κ1) is 22.4. The van der Waals surface area contributed by atoms with Crippen molar-refractivity contribution in [2.45, 2.75) is 44.4 Å². The Bertz CT molecular complexity index is 1250. The summed E-state index contributed by atoms with van der Waals surface area (Å²) in [6.07, 6.45) is 4.00. The second kappa shape index (κ2) is 8.99. The Morgan fingerprint density at radius 1 is 1.09 bits per heavy atom. The molecule has 1 fully saturated rings. The molecule has 0 radical (unpaired) electrons. The first-order valence-electron chi connectivity index (χ1n) is 10.4. The second-order valence-electron chi connectivity index (χ2n) is 7.99. The molecule has 0 bridgehead atoms. The van der Waals surface area contributed by atoms with Gasteiger partial charge in [0.15, 0.2) is 5.13 Å². The average Bonchev–Trinajstić information content (AvgIpc) is 3.40. The van der Waals surface area contributed by atoms with Crippen molar-refractivity contribution in [3.8, 4) is 10.4 Å². The second-order valence-corrected chi connectivity index (χ2v) is 10.7. The van der Waals surface area contributed by atoms with Gasteiger partial charge in [-0.25, -0.2) is 17.8 Å². The molecule has 4 rings (SSSR count). The van der Waals surface area contributed by atoms with Gasteiger partial charge in [-0.2, -0.15) is 0 Å². The van der Waals surface area contributed by atoms with E-state index < -0.39 is 15.8 Å². The van der Waals surface area contributed by atoms with Crippen LogP contribution in [0, 0.1) is 25.6 Å². The molecule has 0 atom stereocenters. The van der Waals surface area contributed by atoms with Crippen LogP contribution in [0.15, 0.2) is 47.4 Å². The molecule has 2 N–H and O–H groups in total. The molecular formula is C23H24FN3O3S2. The van der Waals surface area contributed by atoms with Crippen molar-refractivity contribution in [2.75, 3.05) is 10.0 Å². The lowest BCUT2D eigenvalue weighted by molar-refractivity contribution is -0.119. The molecular weight excluding hydrogens is 449 g/mol. The number of benzene rings is 2. The average molecular weight is 474 g/mol. The Balaban J connectivity index is 1.58. The minimum atomic E-state index is -3.87. The van der Waals surface area contributed by atoms with Crippen LogP contribution in [-0.4, -0.2) is 19.3 Å². The van der Waals surface area contributed by atoms with E-state index in [9.17, 15) is 17.6 Å². The third kappa shape index (κ3) is 4.83. The number of halogens is 1. The summed E-state index contributed by atoms with van der Waals surface area (Å²) < 4.78 is 41.2.